The lowest BCUT2D eigenvalue weighted by Crippen LogP contribution is -2.43. The number of aromatic nitrogens is 1. The maximum Gasteiger partial charge on any atom is 0.350 e. The van der Waals surface area contributed by atoms with Crippen LogP contribution in [0.3, 0.4) is 0 Å². The first-order valence-electron chi connectivity index (χ1n) is 9.15. The van der Waals surface area contributed by atoms with Crippen LogP contribution in [0.1, 0.15) is 60.5 Å². The van der Waals surface area contributed by atoms with E-state index in [1.54, 1.807) is 14.0 Å². The summed E-state index contributed by atoms with van der Waals surface area (Å²) in [5.41, 5.74) is 0.704. The molecule has 8 heteroatoms. The predicted molar refractivity (Wildman–Crippen MR) is 108 cm³/mol. The van der Waals surface area contributed by atoms with E-state index in [9.17, 15) is 4.79 Å². The molecule has 1 aromatic rings. The molecule has 0 aliphatic carbocycles. The lowest BCUT2D eigenvalue weighted by Gasteiger charge is -2.24. The molecule has 26 heavy (non-hydrogen) atoms. The summed E-state index contributed by atoms with van der Waals surface area (Å²) >= 11 is 1.36. The maximum atomic E-state index is 12.0. The molecule has 0 radical (unpaired) electrons. The van der Waals surface area contributed by atoms with Crippen molar-refractivity contribution in [2.75, 3.05) is 33.8 Å². The van der Waals surface area contributed by atoms with Crippen molar-refractivity contribution in [2.24, 2.45) is 4.99 Å². The van der Waals surface area contributed by atoms with Gasteiger partial charge in [-0.05, 0) is 41.2 Å². The van der Waals surface area contributed by atoms with Crippen molar-refractivity contribution in [3.63, 3.8) is 0 Å². The molecule has 0 saturated heterocycles. The van der Waals surface area contributed by atoms with Gasteiger partial charge < -0.3 is 20.3 Å². The Morgan fingerprint density at radius 1 is 1.38 bits per heavy atom. The van der Waals surface area contributed by atoms with E-state index in [1.807, 2.05) is 13.8 Å². The van der Waals surface area contributed by atoms with Gasteiger partial charge in [0.2, 0.25) is 0 Å². The van der Waals surface area contributed by atoms with Gasteiger partial charge in [0.05, 0.1) is 18.3 Å². The zero-order valence-corrected chi connectivity index (χ0v) is 17.9. The van der Waals surface area contributed by atoms with Crippen molar-refractivity contribution >= 4 is 23.3 Å². The molecule has 0 aromatic carbocycles. The summed E-state index contributed by atoms with van der Waals surface area (Å²) in [7, 11) is 3.88. The van der Waals surface area contributed by atoms with Crippen LogP contribution in [0, 0.1) is 6.92 Å². The van der Waals surface area contributed by atoms with E-state index in [2.05, 4.69) is 46.4 Å². The molecule has 2 unspecified atom stereocenters. The number of esters is 1. The fourth-order valence-electron chi connectivity index (χ4n) is 2.33. The molecule has 0 bridgehead atoms. The number of likely N-dealkylation sites (N-methyl/N-ethyl adjacent to an activating group) is 1. The first-order valence-corrected chi connectivity index (χ1v) is 9.97. The smallest absolute Gasteiger partial charge is 0.350 e. The van der Waals surface area contributed by atoms with E-state index in [4.69, 9.17) is 4.74 Å². The van der Waals surface area contributed by atoms with Crippen molar-refractivity contribution in [3.8, 4) is 0 Å². The minimum absolute atomic E-state index is 0.0552. The van der Waals surface area contributed by atoms with Crippen LogP contribution >= 0.6 is 11.3 Å². The summed E-state index contributed by atoms with van der Waals surface area (Å²) in [4.78, 5) is 23.6. The van der Waals surface area contributed by atoms with E-state index < -0.39 is 0 Å². The Bertz CT molecular complexity index is 602. The molecule has 2 atom stereocenters. The summed E-state index contributed by atoms with van der Waals surface area (Å²) in [6.07, 6.45) is 1.13. The van der Waals surface area contributed by atoms with E-state index >= 15 is 0 Å². The van der Waals surface area contributed by atoms with Crippen LogP contribution in [0.2, 0.25) is 0 Å². The molecule has 1 rings (SSSR count). The number of guanidine groups is 1. The Hall–Kier alpha value is -1.67. The Morgan fingerprint density at radius 2 is 2.08 bits per heavy atom. The third-order valence-corrected chi connectivity index (χ3v) is 5.64. The van der Waals surface area contributed by atoms with Gasteiger partial charge in [0.25, 0.3) is 0 Å². The fraction of sp³-hybridized carbons (Fsp3) is 0.722. The molecule has 0 aliphatic heterocycles. The lowest BCUT2D eigenvalue weighted by atomic mass is 10.2. The topological polar surface area (TPSA) is 78.8 Å². The second kappa shape index (κ2) is 11.1. The number of hydrogen-bond acceptors (Lipinski definition) is 6. The average molecular weight is 384 g/mol. The molecule has 0 aliphatic rings. The first kappa shape index (κ1) is 22.4. The zero-order chi connectivity index (χ0) is 19.7. The van der Waals surface area contributed by atoms with Crippen molar-refractivity contribution in [3.05, 3.63) is 15.6 Å². The van der Waals surface area contributed by atoms with Gasteiger partial charge in [-0.15, -0.1) is 11.3 Å². The molecule has 0 spiro atoms. The zero-order valence-electron chi connectivity index (χ0n) is 17.0. The van der Waals surface area contributed by atoms with E-state index in [-0.39, 0.29) is 12.0 Å². The number of thiazole rings is 1. The van der Waals surface area contributed by atoms with Crippen LogP contribution in [0.15, 0.2) is 4.99 Å². The van der Waals surface area contributed by atoms with E-state index in [0.717, 1.165) is 30.5 Å². The van der Waals surface area contributed by atoms with Crippen LogP contribution in [-0.2, 0) is 4.74 Å². The summed E-state index contributed by atoms with van der Waals surface area (Å²) in [5.74, 6) is 0.414. The fourth-order valence-corrected chi connectivity index (χ4v) is 3.30. The van der Waals surface area contributed by atoms with Crippen molar-refractivity contribution in [1.82, 2.24) is 20.5 Å². The summed E-state index contributed by atoms with van der Waals surface area (Å²) < 4.78 is 5.08. The Kier molecular flexibility index (Phi) is 9.58. The molecule has 0 amide bonds. The highest BCUT2D eigenvalue weighted by atomic mass is 32.1. The molecule has 2 N–H and O–H groups in total. The molecule has 1 aromatic heterocycles. The number of nitrogens with zero attached hydrogens (tertiary/aromatic N) is 3. The van der Waals surface area contributed by atoms with Crippen LogP contribution in [0.5, 0.6) is 0 Å². The van der Waals surface area contributed by atoms with Gasteiger partial charge in [-0.3, -0.25) is 4.99 Å². The number of ether oxygens (including phenoxy) is 1. The monoisotopic (exact) mass is 383 g/mol. The van der Waals surface area contributed by atoms with Gasteiger partial charge in [-0.2, -0.15) is 0 Å². The van der Waals surface area contributed by atoms with Gasteiger partial charge >= 0.3 is 5.97 Å². The van der Waals surface area contributed by atoms with Gasteiger partial charge in [0.15, 0.2) is 5.96 Å². The molecular formula is C18H33N5O2S. The van der Waals surface area contributed by atoms with Gasteiger partial charge in [0, 0.05) is 26.2 Å². The predicted octanol–water partition coefficient (Wildman–Crippen LogP) is 2.58. The minimum Gasteiger partial charge on any atom is -0.462 e. The quantitative estimate of drug-likeness (QED) is 0.388. The van der Waals surface area contributed by atoms with E-state index in [1.165, 1.54) is 11.3 Å². The lowest BCUT2D eigenvalue weighted by molar-refractivity contribution is 0.0531. The SMILES string of the molecule is CCOC(=O)c1sc(C(C)NC(=NC)NCCN(C)C(C)CC)nc1C. The number of carbonyl (C=O) groups is 1. The number of rotatable bonds is 9. The maximum absolute atomic E-state index is 12.0. The Morgan fingerprint density at radius 3 is 2.65 bits per heavy atom. The minimum atomic E-state index is -0.309. The molecule has 1 heterocycles. The molecule has 148 valence electrons. The molecule has 7 nitrogen and oxygen atoms in total. The van der Waals surface area contributed by atoms with Crippen LogP contribution < -0.4 is 10.6 Å². The third-order valence-electron chi connectivity index (χ3n) is 4.32. The summed E-state index contributed by atoms with van der Waals surface area (Å²) in [5, 5.41) is 7.49. The second-order valence-electron chi connectivity index (χ2n) is 6.29. The number of carbonyl (C=O) groups excluding carboxylic acids is 1. The standard InChI is InChI=1S/C18H33N5O2S/c1-8-12(3)23(7)11-10-20-18(19-6)22-14(5)16-21-13(4)15(26-16)17(24)25-9-2/h12,14H,8-11H2,1-7H3,(H2,19,20,22). The van der Waals surface area contributed by atoms with Crippen LogP contribution in [0.4, 0.5) is 0 Å². The third kappa shape index (κ3) is 6.57. The normalized spacial score (nSPS) is 14.2. The first-order chi connectivity index (χ1) is 12.3. The highest BCUT2D eigenvalue weighted by molar-refractivity contribution is 7.13. The Labute approximate surface area is 161 Å². The second-order valence-corrected chi connectivity index (χ2v) is 7.32. The summed E-state index contributed by atoms with van der Waals surface area (Å²) in [6, 6.07) is 0.505. The van der Waals surface area contributed by atoms with Gasteiger partial charge in [-0.1, -0.05) is 6.92 Å². The van der Waals surface area contributed by atoms with E-state index in [0.29, 0.717) is 23.2 Å². The number of hydrogen-bond donors (Lipinski definition) is 2. The number of nitrogens with one attached hydrogen (secondary N) is 2. The molecule has 0 fully saturated rings. The van der Waals surface area contributed by atoms with Crippen LogP contribution in [-0.4, -0.2) is 61.6 Å². The van der Waals surface area contributed by atoms with Crippen molar-refractivity contribution in [2.45, 2.75) is 53.1 Å². The number of aryl methyl sites for hydroxylation is 1. The van der Waals surface area contributed by atoms with Crippen LogP contribution in [0.25, 0.3) is 0 Å². The molecular weight excluding hydrogens is 350 g/mol. The van der Waals surface area contributed by atoms with Gasteiger partial charge in [0.1, 0.15) is 9.88 Å². The highest BCUT2D eigenvalue weighted by Gasteiger charge is 2.20. The largest absolute Gasteiger partial charge is 0.462 e. The average Bonchev–Trinajstić information content (AvgIpc) is 3.02. The van der Waals surface area contributed by atoms with Gasteiger partial charge in [-0.25, -0.2) is 9.78 Å². The van der Waals surface area contributed by atoms with Crippen molar-refractivity contribution in [1.29, 1.82) is 0 Å². The highest BCUT2D eigenvalue weighted by Crippen LogP contribution is 2.24. The summed E-state index contributed by atoms with van der Waals surface area (Å²) in [6.45, 7) is 12.2. The number of aliphatic imine (C=N–C) groups is 1. The van der Waals surface area contributed by atoms with Crippen molar-refractivity contribution < 1.29 is 9.53 Å². The Balaban J connectivity index is 2.60. The molecule has 0 saturated carbocycles.